The molecule has 1 aliphatic heterocycles. The zero-order chi connectivity index (χ0) is 22.1. The predicted octanol–water partition coefficient (Wildman–Crippen LogP) is 1.89. The van der Waals surface area contributed by atoms with Gasteiger partial charge in [-0.1, -0.05) is 12.1 Å². The molecule has 0 saturated carbocycles. The fourth-order valence-corrected chi connectivity index (χ4v) is 3.68. The van der Waals surface area contributed by atoms with E-state index in [0.29, 0.717) is 29.1 Å². The van der Waals surface area contributed by atoms with Crippen molar-refractivity contribution in [3.05, 3.63) is 36.3 Å². The Morgan fingerprint density at radius 2 is 2.16 bits per heavy atom. The van der Waals surface area contributed by atoms with Crippen LogP contribution in [0.5, 0.6) is 5.75 Å². The normalized spacial score (nSPS) is 16.6. The quantitative estimate of drug-likeness (QED) is 0.583. The van der Waals surface area contributed by atoms with Gasteiger partial charge in [0, 0.05) is 31.1 Å². The maximum absolute atomic E-state index is 12.3. The van der Waals surface area contributed by atoms with Crippen LogP contribution in [0.2, 0.25) is 0 Å². The molecular weight excluding hydrogens is 400 g/mol. The van der Waals surface area contributed by atoms with Crippen LogP contribution in [-0.2, 0) is 21.4 Å². The van der Waals surface area contributed by atoms with Crippen molar-refractivity contribution in [3.63, 3.8) is 0 Å². The minimum absolute atomic E-state index is 0.190. The molecular formula is C21H24N6O4. The summed E-state index contributed by atoms with van der Waals surface area (Å²) in [6.45, 7) is 3.81. The van der Waals surface area contributed by atoms with Gasteiger partial charge in [-0.15, -0.1) is 0 Å². The standard InChI is InChI=1S/C21H24N6O4/c1-12(2)27-10-13(9-22-27)23-18(29)11-31-16-6-4-5-14-19(25-26(3)20(14)16)15-7-8-17(28)24-21(15)30/h4-6,9-10,12,15H,7-8,11H2,1-3H3,(H,23,29)(H,24,28,30). The van der Waals surface area contributed by atoms with Crippen molar-refractivity contribution in [1.29, 1.82) is 0 Å². The molecule has 2 N–H and O–H groups in total. The number of fused-ring (bicyclic) bond motifs is 1. The number of piperidine rings is 1. The zero-order valence-electron chi connectivity index (χ0n) is 17.6. The number of carbonyl (C=O) groups excluding carboxylic acids is 3. The largest absolute Gasteiger partial charge is 0.481 e. The van der Waals surface area contributed by atoms with Gasteiger partial charge < -0.3 is 10.1 Å². The molecule has 1 aromatic carbocycles. The third-order valence-corrected chi connectivity index (χ3v) is 5.20. The molecule has 10 nitrogen and oxygen atoms in total. The summed E-state index contributed by atoms with van der Waals surface area (Å²) in [4.78, 5) is 36.1. The van der Waals surface area contributed by atoms with Gasteiger partial charge in [-0.2, -0.15) is 10.2 Å². The summed E-state index contributed by atoms with van der Waals surface area (Å²) < 4.78 is 9.16. The number of ether oxygens (including phenoxy) is 1. The molecule has 162 valence electrons. The summed E-state index contributed by atoms with van der Waals surface area (Å²) in [5.74, 6) is -0.941. The van der Waals surface area contributed by atoms with Crippen molar-refractivity contribution < 1.29 is 19.1 Å². The molecule has 2 aromatic heterocycles. The minimum Gasteiger partial charge on any atom is -0.481 e. The lowest BCUT2D eigenvalue weighted by Gasteiger charge is -2.19. The van der Waals surface area contributed by atoms with E-state index in [9.17, 15) is 14.4 Å². The molecule has 4 rings (SSSR count). The average molecular weight is 424 g/mol. The molecule has 3 heterocycles. The monoisotopic (exact) mass is 424 g/mol. The van der Waals surface area contributed by atoms with Gasteiger partial charge in [0.25, 0.3) is 5.91 Å². The molecule has 3 amide bonds. The molecule has 1 aliphatic rings. The van der Waals surface area contributed by atoms with Crippen LogP contribution < -0.4 is 15.4 Å². The van der Waals surface area contributed by atoms with Crippen LogP contribution in [0.3, 0.4) is 0 Å². The Kier molecular flexibility index (Phi) is 5.45. The van der Waals surface area contributed by atoms with E-state index in [1.165, 1.54) is 0 Å². The summed E-state index contributed by atoms with van der Waals surface area (Å²) in [5, 5.41) is 14.6. The molecule has 3 aromatic rings. The summed E-state index contributed by atoms with van der Waals surface area (Å²) in [7, 11) is 1.75. The lowest BCUT2D eigenvalue weighted by Crippen LogP contribution is -2.39. The maximum atomic E-state index is 12.3. The molecule has 31 heavy (non-hydrogen) atoms. The van der Waals surface area contributed by atoms with Crippen molar-refractivity contribution in [1.82, 2.24) is 24.9 Å². The van der Waals surface area contributed by atoms with Gasteiger partial charge in [0.1, 0.15) is 11.3 Å². The third kappa shape index (κ3) is 4.14. The van der Waals surface area contributed by atoms with Crippen LogP contribution >= 0.6 is 0 Å². The van der Waals surface area contributed by atoms with Crippen molar-refractivity contribution in [3.8, 4) is 5.75 Å². The van der Waals surface area contributed by atoms with Crippen molar-refractivity contribution in [2.75, 3.05) is 11.9 Å². The van der Waals surface area contributed by atoms with E-state index in [2.05, 4.69) is 20.8 Å². The highest BCUT2D eigenvalue weighted by molar-refractivity contribution is 6.03. The van der Waals surface area contributed by atoms with Crippen molar-refractivity contribution in [2.24, 2.45) is 7.05 Å². The first-order valence-corrected chi connectivity index (χ1v) is 10.1. The molecule has 1 saturated heterocycles. The summed E-state index contributed by atoms with van der Waals surface area (Å²) in [6, 6.07) is 5.60. The molecule has 0 bridgehead atoms. The third-order valence-electron chi connectivity index (χ3n) is 5.20. The van der Waals surface area contributed by atoms with Gasteiger partial charge in [0.15, 0.2) is 6.61 Å². The van der Waals surface area contributed by atoms with Gasteiger partial charge in [0.05, 0.1) is 23.5 Å². The number of aromatic nitrogens is 4. The smallest absolute Gasteiger partial charge is 0.262 e. The summed E-state index contributed by atoms with van der Waals surface area (Å²) in [6.07, 6.45) is 4.04. The second kappa shape index (κ2) is 8.21. The van der Waals surface area contributed by atoms with E-state index < -0.39 is 5.92 Å². The highest BCUT2D eigenvalue weighted by atomic mass is 16.5. The summed E-state index contributed by atoms with van der Waals surface area (Å²) >= 11 is 0. The first-order valence-electron chi connectivity index (χ1n) is 10.1. The van der Waals surface area contributed by atoms with Crippen LogP contribution in [0.25, 0.3) is 10.9 Å². The van der Waals surface area contributed by atoms with E-state index in [4.69, 9.17) is 4.74 Å². The molecule has 1 atom stereocenters. The second-order valence-corrected chi connectivity index (χ2v) is 7.80. The molecule has 0 spiro atoms. The summed E-state index contributed by atoms with van der Waals surface area (Å²) in [5.41, 5.74) is 1.88. The van der Waals surface area contributed by atoms with E-state index >= 15 is 0 Å². The Morgan fingerprint density at radius 3 is 2.87 bits per heavy atom. The fourth-order valence-electron chi connectivity index (χ4n) is 3.68. The topological polar surface area (TPSA) is 120 Å². The molecule has 10 heteroatoms. The van der Waals surface area contributed by atoms with Crippen molar-refractivity contribution in [2.45, 2.75) is 38.6 Å². The fraction of sp³-hybridized carbons (Fsp3) is 0.381. The van der Waals surface area contributed by atoms with E-state index in [1.807, 2.05) is 19.9 Å². The first kappa shape index (κ1) is 20.6. The number of amides is 3. The van der Waals surface area contributed by atoms with E-state index in [1.54, 1.807) is 40.9 Å². The van der Waals surface area contributed by atoms with Crippen LogP contribution in [0.1, 0.15) is 44.3 Å². The number of hydrogen-bond acceptors (Lipinski definition) is 6. The van der Waals surface area contributed by atoms with Crippen LogP contribution in [0, 0.1) is 0 Å². The zero-order valence-corrected chi connectivity index (χ0v) is 17.6. The van der Waals surface area contributed by atoms with E-state index in [0.717, 1.165) is 5.39 Å². The molecule has 1 fully saturated rings. The number of benzene rings is 1. The van der Waals surface area contributed by atoms with Gasteiger partial charge in [-0.05, 0) is 26.3 Å². The highest BCUT2D eigenvalue weighted by Crippen LogP contribution is 2.34. The Labute approximate surface area is 178 Å². The number of carbonyl (C=O) groups is 3. The van der Waals surface area contributed by atoms with Gasteiger partial charge >= 0.3 is 0 Å². The molecule has 0 aliphatic carbocycles. The predicted molar refractivity (Wildman–Crippen MR) is 113 cm³/mol. The Balaban J connectivity index is 1.50. The number of aryl methyl sites for hydroxylation is 1. The number of hydrogen-bond donors (Lipinski definition) is 2. The Morgan fingerprint density at radius 1 is 1.35 bits per heavy atom. The second-order valence-electron chi connectivity index (χ2n) is 7.80. The van der Waals surface area contributed by atoms with Crippen LogP contribution in [0.4, 0.5) is 5.69 Å². The highest BCUT2D eigenvalue weighted by Gasteiger charge is 2.32. The van der Waals surface area contributed by atoms with Gasteiger partial charge in [0.2, 0.25) is 11.8 Å². The Hall–Kier alpha value is -3.69. The van der Waals surface area contributed by atoms with Crippen LogP contribution in [-0.4, -0.2) is 43.9 Å². The number of nitrogens with one attached hydrogen (secondary N) is 2. The van der Waals surface area contributed by atoms with Gasteiger partial charge in [-0.25, -0.2) is 0 Å². The Bertz CT molecular complexity index is 1160. The molecule has 0 radical (unpaired) electrons. The van der Waals surface area contributed by atoms with E-state index in [-0.39, 0.29) is 36.8 Å². The minimum atomic E-state index is -0.502. The number of nitrogens with zero attached hydrogens (tertiary/aromatic N) is 4. The number of para-hydroxylation sites is 1. The SMILES string of the molecule is CC(C)n1cc(NC(=O)COc2cccc3c(C4CCC(=O)NC4=O)nn(C)c23)cn1. The average Bonchev–Trinajstić information content (AvgIpc) is 3.32. The lowest BCUT2D eigenvalue weighted by atomic mass is 9.93. The lowest BCUT2D eigenvalue weighted by molar-refractivity contribution is -0.134. The molecule has 1 unspecified atom stereocenters. The number of rotatable bonds is 6. The van der Waals surface area contributed by atoms with Crippen LogP contribution in [0.15, 0.2) is 30.6 Å². The number of imide groups is 1. The number of anilines is 1. The maximum Gasteiger partial charge on any atom is 0.262 e. The first-order chi connectivity index (χ1) is 14.8. The van der Waals surface area contributed by atoms with Crippen molar-refractivity contribution >= 4 is 34.3 Å². The van der Waals surface area contributed by atoms with Gasteiger partial charge in [-0.3, -0.25) is 29.1 Å².